The summed E-state index contributed by atoms with van der Waals surface area (Å²) < 4.78 is 66.1. The van der Waals surface area contributed by atoms with E-state index < -0.39 is 20.0 Å². The van der Waals surface area contributed by atoms with Gasteiger partial charge in [-0.25, -0.2) is 16.8 Å². The molecule has 8 nitrogen and oxygen atoms in total. The molecule has 2 aliphatic heterocycles. The van der Waals surface area contributed by atoms with Crippen molar-refractivity contribution < 1.29 is 26.3 Å². The van der Waals surface area contributed by atoms with Crippen LogP contribution in [0.5, 0.6) is 0 Å². The fraction of sp³-hybridized carbons (Fsp3) is 1.00. The second-order valence-corrected chi connectivity index (χ2v) is 14.9. The summed E-state index contributed by atoms with van der Waals surface area (Å²) >= 11 is 0. The Hall–Kier alpha value is -0.260. The highest BCUT2D eigenvalue weighted by atomic mass is 32.2. The first-order valence-electron chi connectivity index (χ1n) is 15.0. The summed E-state index contributed by atoms with van der Waals surface area (Å²) in [5.41, 5.74) is 0. The largest absolute Gasteiger partial charge is 0.354 e. The Labute approximate surface area is 227 Å². The quantitative estimate of drug-likeness (QED) is 0.131. The topological polar surface area (TPSA) is 93.2 Å². The van der Waals surface area contributed by atoms with Gasteiger partial charge in [0.25, 0.3) is 0 Å². The number of unbranched alkanes of at least 4 members (excludes halogenated alkanes) is 10. The molecule has 2 atom stereocenters. The van der Waals surface area contributed by atoms with Crippen LogP contribution in [0.2, 0.25) is 0 Å². The molecule has 0 aromatic heterocycles. The van der Waals surface area contributed by atoms with Crippen LogP contribution >= 0.6 is 0 Å². The van der Waals surface area contributed by atoms with Crippen LogP contribution in [-0.2, 0) is 29.5 Å². The van der Waals surface area contributed by atoms with Crippen molar-refractivity contribution in [2.75, 3.05) is 44.6 Å². The summed E-state index contributed by atoms with van der Waals surface area (Å²) in [4.78, 5) is 0. The van der Waals surface area contributed by atoms with Crippen molar-refractivity contribution in [3.8, 4) is 0 Å². The summed E-state index contributed by atoms with van der Waals surface area (Å²) in [5, 5.41) is 0. The van der Waals surface area contributed by atoms with Crippen molar-refractivity contribution in [1.82, 2.24) is 8.61 Å². The number of nitrogens with zero attached hydrogens (tertiary/aromatic N) is 2. The third kappa shape index (κ3) is 12.2. The zero-order chi connectivity index (χ0) is 27.0. The fourth-order valence-electron chi connectivity index (χ4n) is 5.48. The number of hydrogen-bond acceptors (Lipinski definition) is 6. The molecule has 0 amide bonds. The first kappa shape index (κ1) is 32.9. The molecule has 0 aromatic rings. The maximum absolute atomic E-state index is 12.8. The van der Waals surface area contributed by atoms with E-state index in [2.05, 4.69) is 13.8 Å². The van der Waals surface area contributed by atoms with Crippen molar-refractivity contribution in [2.45, 2.75) is 129 Å². The Morgan fingerprint density at radius 1 is 0.595 bits per heavy atom. The van der Waals surface area contributed by atoms with Crippen LogP contribution in [0.25, 0.3) is 0 Å². The van der Waals surface area contributed by atoms with Crippen LogP contribution in [0.3, 0.4) is 0 Å². The van der Waals surface area contributed by atoms with Gasteiger partial charge < -0.3 is 9.47 Å². The molecule has 0 spiro atoms. The van der Waals surface area contributed by atoms with Crippen LogP contribution in [0, 0.1) is 0 Å². The highest BCUT2D eigenvalue weighted by Gasteiger charge is 2.35. The molecule has 10 heteroatoms. The molecule has 0 saturated carbocycles. The number of sulfonamides is 2. The minimum Gasteiger partial charge on any atom is -0.354 e. The molecule has 0 aromatic carbocycles. The molecule has 2 aliphatic rings. The second kappa shape index (κ2) is 18.2. The van der Waals surface area contributed by atoms with Crippen LogP contribution in [0.1, 0.15) is 117 Å². The predicted octanol–water partition coefficient (Wildman–Crippen LogP) is 5.29. The minimum atomic E-state index is -3.26. The van der Waals surface area contributed by atoms with Gasteiger partial charge in [0.1, 0.15) is 6.79 Å². The molecular formula is C27H54N2O6S2. The summed E-state index contributed by atoms with van der Waals surface area (Å²) in [6.45, 7) is 6.19. The second-order valence-electron chi connectivity index (χ2n) is 10.8. The van der Waals surface area contributed by atoms with Gasteiger partial charge in [-0.05, 0) is 38.5 Å². The number of hydrogen-bond donors (Lipinski definition) is 0. The van der Waals surface area contributed by atoms with Crippen molar-refractivity contribution in [3.63, 3.8) is 0 Å². The summed E-state index contributed by atoms with van der Waals surface area (Å²) in [7, 11) is -6.51. The zero-order valence-corrected chi connectivity index (χ0v) is 25.2. The van der Waals surface area contributed by atoms with E-state index in [4.69, 9.17) is 9.47 Å². The zero-order valence-electron chi connectivity index (χ0n) is 23.6. The molecule has 2 rings (SSSR count). The number of rotatable bonds is 22. The lowest BCUT2D eigenvalue weighted by molar-refractivity contribution is -0.0707. The van der Waals surface area contributed by atoms with E-state index in [9.17, 15) is 16.8 Å². The van der Waals surface area contributed by atoms with Crippen LogP contribution in [0.15, 0.2) is 0 Å². The van der Waals surface area contributed by atoms with Gasteiger partial charge in [-0.3, -0.25) is 0 Å². The van der Waals surface area contributed by atoms with Gasteiger partial charge >= 0.3 is 0 Å². The Morgan fingerprint density at radius 2 is 0.973 bits per heavy atom. The lowest BCUT2D eigenvalue weighted by Gasteiger charge is -2.25. The van der Waals surface area contributed by atoms with Crippen molar-refractivity contribution in [2.24, 2.45) is 0 Å². The maximum atomic E-state index is 12.8. The van der Waals surface area contributed by atoms with Gasteiger partial charge in [0, 0.05) is 25.2 Å². The summed E-state index contributed by atoms with van der Waals surface area (Å²) in [6, 6.07) is -0.260. The van der Waals surface area contributed by atoms with Gasteiger partial charge in [0.15, 0.2) is 0 Å². The first-order chi connectivity index (χ1) is 17.8. The fourth-order valence-corrected chi connectivity index (χ4v) is 9.14. The Bertz CT molecular complexity index is 740. The van der Waals surface area contributed by atoms with E-state index in [-0.39, 0.29) is 30.4 Å². The van der Waals surface area contributed by atoms with E-state index in [1.807, 2.05) is 0 Å². The Morgan fingerprint density at radius 3 is 1.38 bits per heavy atom. The van der Waals surface area contributed by atoms with Gasteiger partial charge in [0.05, 0.1) is 24.7 Å². The molecule has 0 bridgehead atoms. The van der Waals surface area contributed by atoms with Gasteiger partial charge in [-0.15, -0.1) is 0 Å². The summed E-state index contributed by atoms with van der Waals surface area (Å²) in [6.07, 6.45) is 16.1. The van der Waals surface area contributed by atoms with E-state index >= 15 is 0 Å². The highest BCUT2D eigenvalue weighted by molar-refractivity contribution is 7.89. The molecule has 0 radical (unpaired) electrons. The first-order valence-corrected chi connectivity index (χ1v) is 18.2. The molecule has 0 N–H and O–H groups in total. The Balaban J connectivity index is 1.65. The minimum absolute atomic E-state index is 0.0592. The van der Waals surface area contributed by atoms with Crippen molar-refractivity contribution in [1.29, 1.82) is 0 Å². The average Bonchev–Trinajstić information content (AvgIpc) is 3.54. The maximum Gasteiger partial charge on any atom is 0.214 e. The monoisotopic (exact) mass is 566 g/mol. The molecular weight excluding hydrogens is 512 g/mol. The van der Waals surface area contributed by atoms with Crippen LogP contribution < -0.4 is 0 Å². The highest BCUT2D eigenvalue weighted by Crippen LogP contribution is 2.24. The van der Waals surface area contributed by atoms with Crippen LogP contribution in [0.4, 0.5) is 0 Å². The van der Waals surface area contributed by atoms with Crippen LogP contribution in [-0.4, -0.2) is 82.1 Å². The molecule has 2 fully saturated rings. The normalized spacial score (nSPS) is 21.8. The Kier molecular flexibility index (Phi) is 16.2. The molecule has 220 valence electrons. The van der Waals surface area contributed by atoms with Crippen molar-refractivity contribution >= 4 is 20.0 Å². The summed E-state index contributed by atoms with van der Waals surface area (Å²) in [5.74, 6) is 0.438. The average molecular weight is 567 g/mol. The smallest absolute Gasteiger partial charge is 0.214 e. The van der Waals surface area contributed by atoms with Gasteiger partial charge in [0.2, 0.25) is 20.0 Å². The molecule has 2 saturated heterocycles. The lowest BCUT2D eigenvalue weighted by atomic mass is 10.1. The third-order valence-corrected chi connectivity index (χ3v) is 11.7. The van der Waals surface area contributed by atoms with Crippen molar-refractivity contribution in [3.05, 3.63) is 0 Å². The predicted molar refractivity (Wildman–Crippen MR) is 151 cm³/mol. The van der Waals surface area contributed by atoms with E-state index in [0.29, 0.717) is 26.3 Å². The van der Waals surface area contributed by atoms with E-state index in [1.165, 1.54) is 38.5 Å². The van der Waals surface area contributed by atoms with E-state index in [0.717, 1.165) is 64.2 Å². The molecule has 37 heavy (non-hydrogen) atoms. The molecule has 2 heterocycles. The molecule has 0 aliphatic carbocycles. The standard InChI is InChI=1S/C27H54N2O6S2/c1-3-5-7-9-11-13-21-36(30,31)28-19-15-17-26(28)23-34-25-35-24-27-18-16-20-29(27)37(32,33)22-14-12-10-8-6-4-2/h26-27H,3-25H2,1-2H3/t26-,27-/m0/s1. The molecule has 0 unspecified atom stereocenters. The van der Waals surface area contributed by atoms with E-state index in [1.54, 1.807) is 8.61 Å². The third-order valence-electron chi connectivity index (χ3n) is 7.66. The lowest BCUT2D eigenvalue weighted by Crippen LogP contribution is -2.40. The number of ether oxygens (including phenoxy) is 2. The van der Waals surface area contributed by atoms with Gasteiger partial charge in [-0.2, -0.15) is 8.61 Å². The van der Waals surface area contributed by atoms with Gasteiger partial charge in [-0.1, -0.05) is 78.1 Å². The SMILES string of the molecule is CCCCCCCCS(=O)(=O)N1CCC[C@H]1COCOC[C@@H]1CCCN1S(=O)(=O)CCCCCCCC.